The molecule has 2 N–H and O–H groups in total. The third-order valence-corrected chi connectivity index (χ3v) is 4.21. The molecular formula is C20H22N2O3. The second-order valence-corrected chi connectivity index (χ2v) is 6.11. The Hall–Kier alpha value is -2.82. The van der Waals surface area contributed by atoms with Crippen LogP contribution in [0.25, 0.3) is 0 Å². The predicted octanol–water partition coefficient (Wildman–Crippen LogP) is 2.66. The average molecular weight is 338 g/mol. The normalized spacial score (nSPS) is 17.3. The summed E-state index contributed by atoms with van der Waals surface area (Å²) in [7, 11) is 0. The van der Waals surface area contributed by atoms with Gasteiger partial charge in [0, 0.05) is 12.1 Å². The SMILES string of the molecule is O=C(N[C@H]1CCCCNC1=O)c1ccc(OCc2ccccc2)cc1. The third-order valence-electron chi connectivity index (χ3n) is 4.21. The molecule has 5 heteroatoms. The summed E-state index contributed by atoms with van der Waals surface area (Å²) in [5, 5.41) is 5.63. The highest BCUT2D eigenvalue weighted by Crippen LogP contribution is 2.15. The van der Waals surface area contributed by atoms with E-state index in [1.807, 2.05) is 30.3 Å². The molecule has 3 rings (SSSR count). The molecule has 0 saturated carbocycles. The van der Waals surface area contributed by atoms with Gasteiger partial charge in [-0.15, -0.1) is 0 Å². The third kappa shape index (κ3) is 4.83. The summed E-state index contributed by atoms with van der Waals surface area (Å²) in [5.41, 5.74) is 1.60. The minimum atomic E-state index is -0.455. The largest absolute Gasteiger partial charge is 0.489 e. The highest BCUT2D eigenvalue weighted by atomic mass is 16.5. The van der Waals surface area contributed by atoms with Gasteiger partial charge in [-0.25, -0.2) is 0 Å². The van der Waals surface area contributed by atoms with Crippen LogP contribution < -0.4 is 15.4 Å². The Morgan fingerprint density at radius 1 is 1.08 bits per heavy atom. The van der Waals surface area contributed by atoms with Gasteiger partial charge in [-0.1, -0.05) is 30.3 Å². The van der Waals surface area contributed by atoms with E-state index in [-0.39, 0.29) is 11.8 Å². The standard InChI is InChI=1S/C20H22N2O3/c23-19(22-18-8-4-5-13-21-20(18)24)16-9-11-17(12-10-16)25-14-15-6-2-1-3-7-15/h1-3,6-7,9-12,18H,4-5,8,13-14H2,(H,21,24)(H,22,23)/t18-/m0/s1. The first-order valence-electron chi connectivity index (χ1n) is 8.58. The molecule has 0 aromatic heterocycles. The molecule has 2 amide bonds. The molecule has 130 valence electrons. The van der Waals surface area contributed by atoms with Crippen LogP contribution in [-0.2, 0) is 11.4 Å². The number of nitrogens with one attached hydrogen (secondary N) is 2. The molecule has 0 radical (unpaired) electrons. The van der Waals surface area contributed by atoms with Crippen molar-refractivity contribution in [3.05, 3.63) is 65.7 Å². The van der Waals surface area contributed by atoms with Gasteiger partial charge >= 0.3 is 0 Å². The summed E-state index contributed by atoms with van der Waals surface area (Å²) in [6.45, 7) is 1.16. The lowest BCUT2D eigenvalue weighted by Crippen LogP contribution is -2.45. The summed E-state index contributed by atoms with van der Waals surface area (Å²) in [4.78, 5) is 24.2. The van der Waals surface area contributed by atoms with Crippen molar-refractivity contribution in [2.45, 2.75) is 31.9 Å². The maximum atomic E-state index is 12.3. The second-order valence-electron chi connectivity index (χ2n) is 6.11. The van der Waals surface area contributed by atoms with Gasteiger partial charge < -0.3 is 15.4 Å². The van der Waals surface area contributed by atoms with Crippen molar-refractivity contribution in [1.29, 1.82) is 0 Å². The number of hydrogen-bond acceptors (Lipinski definition) is 3. The first-order valence-corrected chi connectivity index (χ1v) is 8.58. The van der Waals surface area contributed by atoms with Gasteiger partial charge in [-0.2, -0.15) is 0 Å². The van der Waals surface area contributed by atoms with E-state index >= 15 is 0 Å². The Morgan fingerprint density at radius 2 is 1.84 bits per heavy atom. The van der Waals surface area contributed by atoms with Crippen molar-refractivity contribution in [3.63, 3.8) is 0 Å². The maximum Gasteiger partial charge on any atom is 0.251 e. The minimum Gasteiger partial charge on any atom is -0.489 e. The molecule has 25 heavy (non-hydrogen) atoms. The van der Waals surface area contributed by atoms with Crippen LogP contribution in [-0.4, -0.2) is 24.4 Å². The maximum absolute atomic E-state index is 12.3. The summed E-state index contributed by atoms with van der Waals surface area (Å²) in [6, 6.07) is 16.4. The Bertz CT molecular complexity index is 713. The fourth-order valence-corrected chi connectivity index (χ4v) is 2.76. The van der Waals surface area contributed by atoms with Gasteiger partial charge in [-0.3, -0.25) is 9.59 Å². The topological polar surface area (TPSA) is 67.4 Å². The number of benzene rings is 2. The van der Waals surface area contributed by atoms with Gasteiger partial charge in [0.15, 0.2) is 0 Å². The number of carbonyl (C=O) groups excluding carboxylic acids is 2. The van der Waals surface area contributed by atoms with Crippen LogP contribution in [0, 0.1) is 0 Å². The molecule has 0 bridgehead atoms. The number of carbonyl (C=O) groups is 2. The highest BCUT2D eigenvalue weighted by molar-refractivity contribution is 5.97. The highest BCUT2D eigenvalue weighted by Gasteiger charge is 2.22. The first kappa shape index (κ1) is 17.0. The molecule has 5 nitrogen and oxygen atoms in total. The number of amides is 2. The smallest absolute Gasteiger partial charge is 0.251 e. The Morgan fingerprint density at radius 3 is 2.60 bits per heavy atom. The van der Waals surface area contributed by atoms with Crippen molar-refractivity contribution in [2.75, 3.05) is 6.54 Å². The lowest BCUT2D eigenvalue weighted by Gasteiger charge is -2.15. The molecule has 1 heterocycles. The zero-order chi connectivity index (χ0) is 17.5. The van der Waals surface area contributed by atoms with Crippen LogP contribution in [0.2, 0.25) is 0 Å². The summed E-state index contributed by atoms with van der Waals surface area (Å²) >= 11 is 0. The summed E-state index contributed by atoms with van der Waals surface area (Å²) in [5.74, 6) is 0.359. The Balaban J connectivity index is 1.55. The summed E-state index contributed by atoms with van der Waals surface area (Å²) in [6.07, 6.45) is 2.55. The van der Waals surface area contributed by atoms with Crippen molar-refractivity contribution in [1.82, 2.24) is 10.6 Å². The van der Waals surface area contributed by atoms with Gasteiger partial charge in [0.05, 0.1) is 0 Å². The lowest BCUT2D eigenvalue weighted by atomic mass is 10.1. The van der Waals surface area contributed by atoms with Crippen molar-refractivity contribution < 1.29 is 14.3 Å². The molecule has 0 aliphatic carbocycles. The molecule has 2 aromatic rings. The zero-order valence-electron chi connectivity index (χ0n) is 14.0. The van der Waals surface area contributed by atoms with Gasteiger partial charge in [0.1, 0.15) is 18.4 Å². The number of hydrogen-bond donors (Lipinski definition) is 2. The zero-order valence-corrected chi connectivity index (χ0v) is 14.0. The predicted molar refractivity (Wildman–Crippen MR) is 95.3 cm³/mol. The average Bonchev–Trinajstić information content (AvgIpc) is 2.86. The van der Waals surface area contributed by atoms with Crippen molar-refractivity contribution in [2.24, 2.45) is 0 Å². The van der Waals surface area contributed by atoms with E-state index in [2.05, 4.69) is 10.6 Å². The Labute approximate surface area is 147 Å². The van der Waals surface area contributed by atoms with E-state index in [4.69, 9.17) is 4.74 Å². The van der Waals surface area contributed by atoms with E-state index in [9.17, 15) is 9.59 Å². The van der Waals surface area contributed by atoms with Crippen LogP contribution in [0.15, 0.2) is 54.6 Å². The van der Waals surface area contributed by atoms with Gasteiger partial charge in [0.2, 0.25) is 5.91 Å². The van der Waals surface area contributed by atoms with Crippen LogP contribution in [0.4, 0.5) is 0 Å². The minimum absolute atomic E-state index is 0.103. The van der Waals surface area contributed by atoms with E-state index < -0.39 is 6.04 Å². The summed E-state index contributed by atoms with van der Waals surface area (Å²) < 4.78 is 5.71. The molecule has 0 spiro atoms. The van der Waals surface area contributed by atoms with E-state index in [0.29, 0.717) is 30.9 Å². The number of ether oxygens (including phenoxy) is 1. The van der Waals surface area contributed by atoms with Gasteiger partial charge in [-0.05, 0) is 49.1 Å². The van der Waals surface area contributed by atoms with Crippen LogP contribution >= 0.6 is 0 Å². The molecule has 1 fully saturated rings. The first-order chi connectivity index (χ1) is 12.2. The molecule has 1 aliphatic heterocycles. The molecule has 1 saturated heterocycles. The van der Waals surface area contributed by atoms with Crippen LogP contribution in [0.1, 0.15) is 35.2 Å². The van der Waals surface area contributed by atoms with E-state index in [1.54, 1.807) is 24.3 Å². The van der Waals surface area contributed by atoms with Crippen LogP contribution in [0.5, 0.6) is 5.75 Å². The van der Waals surface area contributed by atoms with Crippen molar-refractivity contribution >= 4 is 11.8 Å². The molecule has 1 atom stereocenters. The van der Waals surface area contributed by atoms with Gasteiger partial charge in [0.25, 0.3) is 5.91 Å². The molecule has 2 aromatic carbocycles. The van der Waals surface area contributed by atoms with E-state index in [0.717, 1.165) is 18.4 Å². The lowest BCUT2D eigenvalue weighted by molar-refractivity contribution is -0.122. The second kappa shape index (κ2) is 8.33. The molecule has 0 unspecified atom stereocenters. The number of rotatable bonds is 5. The van der Waals surface area contributed by atoms with Crippen molar-refractivity contribution in [3.8, 4) is 5.75 Å². The Kier molecular flexibility index (Phi) is 5.67. The van der Waals surface area contributed by atoms with Crippen LogP contribution in [0.3, 0.4) is 0 Å². The quantitative estimate of drug-likeness (QED) is 0.881. The fraction of sp³-hybridized carbons (Fsp3) is 0.300. The molecular weight excluding hydrogens is 316 g/mol. The fourth-order valence-electron chi connectivity index (χ4n) is 2.76. The monoisotopic (exact) mass is 338 g/mol. The molecule has 1 aliphatic rings. The van der Waals surface area contributed by atoms with E-state index in [1.165, 1.54) is 0 Å².